The van der Waals surface area contributed by atoms with Crippen molar-refractivity contribution >= 4 is 17.4 Å². The molecule has 0 aromatic heterocycles. The number of hydrogen-bond acceptors (Lipinski definition) is 4. The van der Waals surface area contributed by atoms with Crippen molar-refractivity contribution in [1.82, 2.24) is 0 Å². The van der Waals surface area contributed by atoms with E-state index in [2.05, 4.69) is 12.2 Å². The van der Waals surface area contributed by atoms with Gasteiger partial charge in [-0.1, -0.05) is 32.6 Å². The fourth-order valence-electron chi connectivity index (χ4n) is 2.75. The number of benzene rings is 2. The zero-order chi connectivity index (χ0) is 19.6. The Labute approximate surface area is 159 Å². The van der Waals surface area contributed by atoms with Gasteiger partial charge in [0.1, 0.15) is 5.75 Å². The minimum Gasteiger partial charge on any atom is -0.507 e. The number of Topliss-reactive ketones (excluding diaryl/α,β-unsaturated/α-hetero) is 1. The predicted octanol–water partition coefficient (Wildman–Crippen LogP) is 5.06. The minimum atomic E-state index is -0.505. The Morgan fingerprint density at radius 2 is 1.74 bits per heavy atom. The summed E-state index contributed by atoms with van der Waals surface area (Å²) in [5.41, 5.74) is 1.47. The standard InChI is InChI=1S/C22H24N2O3/c1-2-3-4-5-6-7-20(25)17-10-13-21(26)19(14-17)22(27)24-18-11-8-16(15-23)9-12-18/h8-14,26H,2-7H2,1H3,(H,24,27). The third-order valence-electron chi connectivity index (χ3n) is 4.34. The van der Waals surface area contributed by atoms with Crippen molar-refractivity contribution < 1.29 is 14.7 Å². The first-order valence-corrected chi connectivity index (χ1v) is 9.23. The lowest BCUT2D eigenvalue weighted by molar-refractivity contribution is 0.0979. The molecule has 2 aromatic carbocycles. The van der Waals surface area contributed by atoms with Gasteiger partial charge < -0.3 is 10.4 Å². The summed E-state index contributed by atoms with van der Waals surface area (Å²) in [7, 11) is 0. The smallest absolute Gasteiger partial charge is 0.259 e. The minimum absolute atomic E-state index is 0.0288. The Morgan fingerprint density at radius 1 is 1.04 bits per heavy atom. The lowest BCUT2D eigenvalue weighted by atomic mass is 10.0. The number of hydrogen-bond donors (Lipinski definition) is 2. The van der Waals surface area contributed by atoms with Gasteiger partial charge in [-0.3, -0.25) is 9.59 Å². The third kappa shape index (κ3) is 5.96. The normalized spacial score (nSPS) is 10.2. The average Bonchev–Trinajstić information content (AvgIpc) is 2.68. The molecule has 2 rings (SSSR count). The van der Waals surface area contributed by atoms with E-state index in [0.717, 1.165) is 25.7 Å². The SMILES string of the molecule is CCCCCCCC(=O)c1ccc(O)c(C(=O)Nc2ccc(C#N)cc2)c1. The van der Waals surface area contributed by atoms with Crippen molar-refractivity contribution in [3.8, 4) is 11.8 Å². The molecule has 0 radical (unpaired) electrons. The molecule has 27 heavy (non-hydrogen) atoms. The molecular weight excluding hydrogens is 340 g/mol. The highest BCUT2D eigenvalue weighted by molar-refractivity contribution is 6.08. The number of phenols is 1. The molecule has 5 heteroatoms. The van der Waals surface area contributed by atoms with Crippen LogP contribution in [0.5, 0.6) is 5.75 Å². The Hall–Kier alpha value is -3.13. The van der Waals surface area contributed by atoms with Crippen LogP contribution in [0, 0.1) is 11.3 Å². The van der Waals surface area contributed by atoms with Gasteiger partial charge in [0.15, 0.2) is 5.78 Å². The highest BCUT2D eigenvalue weighted by Gasteiger charge is 2.15. The van der Waals surface area contributed by atoms with Gasteiger partial charge in [0.25, 0.3) is 5.91 Å². The summed E-state index contributed by atoms with van der Waals surface area (Å²) in [6.07, 6.45) is 5.73. The lowest BCUT2D eigenvalue weighted by Crippen LogP contribution is -2.13. The number of carbonyl (C=O) groups excluding carboxylic acids is 2. The number of ketones is 1. The number of amides is 1. The van der Waals surface area contributed by atoms with Gasteiger partial charge in [-0.2, -0.15) is 5.26 Å². The van der Waals surface area contributed by atoms with Crippen LogP contribution < -0.4 is 5.32 Å². The summed E-state index contributed by atoms with van der Waals surface area (Å²) in [6.45, 7) is 2.14. The second-order valence-electron chi connectivity index (χ2n) is 6.46. The average molecular weight is 364 g/mol. The summed E-state index contributed by atoms with van der Waals surface area (Å²) in [6, 6.07) is 12.8. The van der Waals surface area contributed by atoms with E-state index in [1.807, 2.05) is 6.07 Å². The fourth-order valence-corrected chi connectivity index (χ4v) is 2.75. The molecule has 0 fully saturated rings. The van der Waals surface area contributed by atoms with Crippen LogP contribution >= 0.6 is 0 Å². The molecule has 0 bridgehead atoms. The van der Waals surface area contributed by atoms with Crippen molar-refractivity contribution in [3.63, 3.8) is 0 Å². The van der Waals surface area contributed by atoms with E-state index in [4.69, 9.17) is 5.26 Å². The Balaban J connectivity index is 2.03. The second kappa shape index (κ2) is 10.1. The van der Waals surface area contributed by atoms with E-state index in [0.29, 0.717) is 23.2 Å². The van der Waals surface area contributed by atoms with E-state index in [-0.39, 0.29) is 17.1 Å². The third-order valence-corrected chi connectivity index (χ3v) is 4.34. The maximum Gasteiger partial charge on any atom is 0.259 e. The molecule has 2 aromatic rings. The predicted molar refractivity (Wildman–Crippen MR) is 105 cm³/mol. The van der Waals surface area contributed by atoms with Crippen molar-refractivity contribution in [1.29, 1.82) is 5.26 Å². The molecule has 0 aliphatic heterocycles. The molecule has 0 aliphatic carbocycles. The molecule has 0 spiro atoms. The summed E-state index contributed by atoms with van der Waals surface area (Å²) >= 11 is 0. The number of nitriles is 1. The first kappa shape index (κ1) is 20.2. The summed E-state index contributed by atoms with van der Waals surface area (Å²) in [5, 5.41) is 21.5. The van der Waals surface area contributed by atoms with Crippen molar-refractivity contribution in [2.24, 2.45) is 0 Å². The van der Waals surface area contributed by atoms with Crippen LogP contribution in [0.1, 0.15) is 71.7 Å². The molecule has 0 saturated heterocycles. The van der Waals surface area contributed by atoms with Crippen LogP contribution in [-0.4, -0.2) is 16.8 Å². The monoisotopic (exact) mass is 364 g/mol. The number of nitrogens with zero attached hydrogens (tertiary/aromatic N) is 1. The van der Waals surface area contributed by atoms with E-state index in [1.165, 1.54) is 18.6 Å². The van der Waals surface area contributed by atoms with Gasteiger partial charge in [0.05, 0.1) is 17.2 Å². The van der Waals surface area contributed by atoms with Crippen LogP contribution in [0.3, 0.4) is 0 Å². The fraction of sp³-hybridized carbons (Fsp3) is 0.318. The molecule has 0 aliphatic rings. The maximum absolute atomic E-state index is 12.4. The highest BCUT2D eigenvalue weighted by atomic mass is 16.3. The van der Waals surface area contributed by atoms with Gasteiger partial charge in [-0.25, -0.2) is 0 Å². The number of rotatable bonds is 9. The summed E-state index contributed by atoms with van der Waals surface area (Å²) in [4.78, 5) is 24.8. The Bertz CT molecular complexity index is 836. The van der Waals surface area contributed by atoms with Crippen LogP contribution in [0.2, 0.25) is 0 Å². The highest BCUT2D eigenvalue weighted by Crippen LogP contribution is 2.22. The number of carbonyl (C=O) groups is 2. The quantitative estimate of drug-likeness (QED) is 0.481. The van der Waals surface area contributed by atoms with E-state index in [1.54, 1.807) is 30.3 Å². The molecular formula is C22H24N2O3. The summed E-state index contributed by atoms with van der Waals surface area (Å²) < 4.78 is 0. The van der Waals surface area contributed by atoms with Crippen molar-refractivity contribution in [3.05, 3.63) is 59.2 Å². The van der Waals surface area contributed by atoms with Gasteiger partial charge in [0, 0.05) is 17.7 Å². The molecule has 0 saturated carbocycles. The number of anilines is 1. The van der Waals surface area contributed by atoms with Crippen LogP contribution in [0.4, 0.5) is 5.69 Å². The molecule has 0 atom stereocenters. The molecule has 1 amide bonds. The molecule has 0 heterocycles. The van der Waals surface area contributed by atoms with E-state index < -0.39 is 5.91 Å². The van der Waals surface area contributed by atoms with Gasteiger partial charge in [0.2, 0.25) is 0 Å². The first-order valence-electron chi connectivity index (χ1n) is 9.23. The maximum atomic E-state index is 12.4. The van der Waals surface area contributed by atoms with Crippen molar-refractivity contribution in [2.75, 3.05) is 5.32 Å². The lowest BCUT2D eigenvalue weighted by Gasteiger charge is -2.09. The topological polar surface area (TPSA) is 90.2 Å². The van der Waals surface area contributed by atoms with Crippen LogP contribution in [-0.2, 0) is 0 Å². The number of nitrogens with one attached hydrogen (secondary N) is 1. The number of unbranched alkanes of at least 4 members (excludes halogenated alkanes) is 4. The van der Waals surface area contributed by atoms with Crippen LogP contribution in [0.25, 0.3) is 0 Å². The van der Waals surface area contributed by atoms with E-state index in [9.17, 15) is 14.7 Å². The largest absolute Gasteiger partial charge is 0.507 e. The van der Waals surface area contributed by atoms with Crippen LogP contribution in [0.15, 0.2) is 42.5 Å². The number of phenolic OH excluding ortho intramolecular Hbond substituents is 1. The van der Waals surface area contributed by atoms with Crippen molar-refractivity contribution in [2.45, 2.75) is 45.4 Å². The molecule has 5 nitrogen and oxygen atoms in total. The van der Waals surface area contributed by atoms with E-state index >= 15 is 0 Å². The zero-order valence-corrected chi connectivity index (χ0v) is 15.5. The first-order chi connectivity index (χ1) is 13.0. The van der Waals surface area contributed by atoms with Gasteiger partial charge in [-0.05, 0) is 48.9 Å². The van der Waals surface area contributed by atoms with Gasteiger partial charge in [-0.15, -0.1) is 0 Å². The second-order valence-corrected chi connectivity index (χ2v) is 6.46. The van der Waals surface area contributed by atoms with Gasteiger partial charge >= 0.3 is 0 Å². The molecule has 2 N–H and O–H groups in total. The molecule has 0 unspecified atom stereocenters. The number of aromatic hydroxyl groups is 1. The Morgan fingerprint density at radius 3 is 2.41 bits per heavy atom. The summed E-state index contributed by atoms with van der Waals surface area (Å²) in [5.74, 6) is -0.714. The Kier molecular flexibility index (Phi) is 7.57. The zero-order valence-electron chi connectivity index (χ0n) is 15.5. The molecule has 140 valence electrons.